The normalized spacial score (nSPS) is 12.6. The van der Waals surface area contributed by atoms with Gasteiger partial charge < -0.3 is 9.90 Å². The van der Waals surface area contributed by atoms with Crippen LogP contribution in [0.2, 0.25) is 0 Å². The Morgan fingerprint density at radius 2 is 2.08 bits per heavy atom. The van der Waals surface area contributed by atoms with Gasteiger partial charge in [-0.2, -0.15) is 0 Å². The summed E-state index contributed by atoms with van der Waals surface area (Å²) in [6.45, 7) is 1.51. The molecule has 1 N–H and O–H groups in total. The highest BCUT2D eigenvalue weighted by Gasteiger charge is 2.07. The molecule has 0 heterocycles. The molecule has 0 aliphatic carbocycles. The summed E-state index contributed by atoms with van der Waals surface area (Å²) in [4.78, 5) is 20.9. The quantitative estimate of drug-likeness (QED) is 0.613. The van der Waals surface area contributed by atoms with Crippen molar-refractivity contribution in [2.24, 2.45) is 0 Å². The van der Waals surface area contributed by atoms with E-state index in [0.717, 1.165) is 0 Å². The predicted octanol–water partition coefficient (Wildman–Crippen LogP) is 0.953. The second-order valence-electron chi connectivity index (χ2n) is 2.85. The minimum atomic E-state index is -0.644. The van der Waals surface area contributed by atoms with Crippen LogP contribution in [0.25, 0.3) is 0 Å². The molecule has 3 nitrogen and oxygen atoms in total. The van der Waals surface area contributed by atoms with Crippen molar-refractivity contribution in [2.45, 2.75) is 38.7 Å². The SMILES string of the molecule is CC(=O)CCCC(O)CC(=O)S. The molecule has 0 aromatic heterocycles. The Bertz CT molecular complexity index is 168. The second-order valence-corrected chi connectivity index (χ2v) is 3.34. The van der Waals surface area contributed by atoms with Crippen molar-refractivity contribution in [1.29, 1.82) is 0 Å². The zero-order chi connectivity index (χ0) is 9.56. The standard InChI is InChI=1S/C8H14O3S/c1-6(9)3-2-4-7(10)5-8(11)12/h7,10H,2-5H2,1H3,(H,11,12). The highest BCUT2D eigenvalue weighted by Crippen LogP contribution is 2.06. The first-order chi connectivity index (χ1) is 5.52. The number of rotatable bonds is 6. The fourth-order valence-electron chi connectivity index (χ4n) is 0.890. The van der Waals surface area contributed by atoms with E-state index in [4.69, 9.17) is 5.11 Å². The number of aliphatic hydroxyl groups excluding tert-OH is 1. The lowest BCUT2D eigenvalue weighted by Crippen LogP contribution is -2.10. The summed E-state index contributed by atoms with van der Waals surface area (Å²) < 4.78 is 0. The van der Waals surface area contributed by atoms with E-state index in [9.17, 15) is 9.59 Å². The molecule has 0 spiro atoms. The molecular formula is C8H14O3S. The number of hydrogen-bond donors (Lipinski definition) is 2. The minimum Gasteiger partial charge on any atom is -0.393 e. The highest BCUT2D eigenvalue weighted by molar-refractivity contribution is 7.96. The lowest BCUT2D eigenvalue weighted by atomic mass is 10.1. The fraction of sp³-hybridized carbons (Fsp3) is 0.750. The average molecular weight is 190 g/mol. The molecule has 4 heteroatoms. The number of thiol groups is 1. The van der Waals surface area contributed by atoms with E-state index >= 15 is 0 Å². The summed E-state index contributed by atoms with van der Waals surface area (Å²) in [6, 6.07) is 0. The van der Waals surface area contributed by atoms with E-state index in [1.807, 2.05) is 0 Å². The Morgan fingerprint density at radius 3 is 2.50 bits per heavy atom. The van der Waals surface area contributed by atoms with Crippen LogP contribution in [0.1, 0.15) is 32.6 Å². The number of aliphatic hydroxyl groups is 1. The zero-order valence-corrected chi connectivity index (χ0v) is 8.01. The van der Waals surface area contributed by atoms with Crippen molar-refractivity contribution in [3.8, 4) is 0 Å². The van der Waals surface area contributed by atoms with Crippen molar-refractivity contribution >= 4 is 23.5 Å². The molecule has 0 radical (unpaired) electrons. The maximum absolute atomic E-state index is 10.5. The van der Waals surface area contributed by atoms with Gasteiger partial charge in [-0.05, 0) is 19.8 Å². The van der Waals surface area contributed by atoms with Gasteiger partial charge >= 0.3 is 0 Å². The van der Waals surface area contributed by atoms with Gasteiger partial charge in [0.2, 0.25) is 0 Å². The molecular weight excluding hydrogens is 176 g/mol. The Morgan fingerprint density at radius 1 is 1.50 bits per heavy atom. The van der Waals surface area contributed by atoms with Crippen molar-refractivity contribution in [3.05, 3.63) is 0 Å². The van der Waals surface area contributed by atoms with Gasteiger partial charge in [0.15, 0.2) is 5.12 Å². The molecule has 0 aromatic carbocycles. The highest BCUT2D eigenvalue weighted by atomic mass is 32.1. The van der Waals surface area contributed by atoms with Crippen LogP contribution >= 0.6 is 12.6 Å². The Balaban J connectivity index is 3.37. The summed E-state index contributed by atoms with van der Waals surface area (Å²) in [7, 11) is 0. The molecule has 0 aliphatic heterocycles. The zero-order valence-electron chi connectivity index (χ0n) is 7.12. The third kappa shape index (κ3) is 7.75. The summed E-state index contributed by atoms with van der Waals surface area (Å²) in [5.41, 5.74) is 0. The summed E-state index contributed by atoms with van der Waals surface area (Å²) in [5.74, 6) is 0.111. The molecule has 1 unspecified atom stereocenters. The van der Waals surface area contributed by atoms with Gasteiger partial charge in [-0.15, -0.1) is 12.6 Å². The Hall–Kier alpha value is -0.350. The summed E-state index contributed by atoms with van der Waals surface area (Å²) in [6.07, 6.45) is 1.02. The summed E-state index contributed by atoms with van der Waals surface area (Å²) >= 11 is 3.53. The van der Waals surface area contributed by atoms with Gasteiger partial charge in [0.05, 0.1) is 6.10 Å². The van der Waals surface area contributed by atoms with Gasteiger partial charge in [-0.3, -0.25) is 4.79 Å². The molecule has 1 atom stereocenters. The van der Waals surface area contributed by atoms with Gasteiger partial charge in [0, 0.05) is 12.8 Å². The molecule has 0 saturated carbocycles. The Labute approximate surface area is 77.6 Å². The third-order valence-corrected chi connectivity index (χ3v) is 1.66. The second kappa shape index (κ2) is 6.20. The maximum Gasteiger partial charge on any atom is 0.188 e. The number of hydrogen-bond acceptors (Lipinski definition) is 3. The first-order valence-electron chi connectivity index (χ1n) is 3.91. The van der Waals surface area contributed by atoms with E-state index in [0.29, 0.717) is 19.3 Å². The number of Topliss-reactive ketones (excluding diaryl/α,β-unsaturated/α-hetero) is 1. The van der Waals surface area contributed by atoms with Crippen molar-refractivity contribution < 1.29 is 14.7 Å². The molecule has 0 amide bonds. The van der Waals surface area contributed by atoms with Crippen LogP contribution < -0.4 is 0 Å². The van der Waals surface area contributed by atoms with Crippen molar-refractivity contribution in [2.75, 3.05) is 0 Å². The largest absolute Gasteiger partial charge is 0.393 e. The van der Waals surface area contributed by atoms with Crippen LogP contribution in [0, 0.1) is 0 Å². The Kier molecular flexibility index (Phi) is 6.02. The molecule has 0 aromatic rings. The first kappa shape index (κ1) is 11.6. The fourth-order valence-corrected chi connectivity index (χ4v) is 1.10. The monoisotopic (exact) mass is 190 g/mol. The van der Waals surface area contributed by atoms with E-state index < -0.39 is 6.10 Å². The molecule has 0 fully saturated rings. The number of carbonyl (C=O) groups is 2. The van der Waals surface area contributed by atoms with E-state index in [1.54, 1.807) is 0 Å². The van der Waals surface area contributed by atoms with Crippen LogP contribution in [-0.4, -0.2) is 22.1 Å². The van der Waals surface area contributed by atoms with Gasteiger partial charge in [0.1, 0.15) is 5.78 Å². The molecule has 0 bridgehead atoms. The molecule has 12 heavy (non-hydrogen) atoms. The average Bonchev–Trinajstić information content (AvgIpc) is 1.84. The van der Waals surface area contributed by atoms with Crippen LogP contribution in [0.5, 0.6) is 0 Å². The lowest BCUT2D eigenvalue weighted by molar-refractivity contribution is -0.117. The smallest absolute Gasteiger partial charge is 0.188 e. The van der Waals surface area contributed by atoms with Gasteiger partial charge in [0.25, 0.3) is 0 Å². The minimum absolute atomic E-state index is 0.0705. The van der Waals surface area contributed by atoms with Gasteiger partial charge in [-0.1, -0.05) is 0 Å². The first-order valence-corrected chi connectivity index (χ1v) is 4.36. The van der Waals surface area contributed by atoms with E-state index in [1.165, 1.54) is 6.92 Å². The van der Waals surface area contributed by atoms with Crippen LogP contribution in [0.15, 0.2) is 0 Å². The van der Waals surface area contributed by atoms with Crippen molar-refractivity contribution in [1.82, 2.24) is 0 Å². The van der Waals surface area contributed by atoms with Gasteiger partial charge in [-0.25, -0.2) is 0 Å². The van der Waals surface area contributed by atoms with E-state index in [-0.39, 0.29) is 17.3 Å². The molecule has 0 aliphatic rings. The van der Waals surface area contributed by atoms with Crippen LogP contribution in [0.4, 0.5) is 0 Å². The van der Waals surface area contributed by atoms with Crippen LogP contribution in [-0.2, 0) is 9.59 Å². The maximum atomic E-state index is 10.5. The number of ketones is 1. The number of carbonyl (C=O) groups excluding carboxylic acids is 2. The topological polar surface area (TPSA) is 54.4 Å². The van der Waals surface area contributed by atoms with Crippen LogP contribution in [0.3, 0.4) is 0 Å². The molecule has 0 rings (SSSR count). The molecule has 70 valence electrons. The lowest BCUT2D eigenvalue weighted by Gasteiger charge is -2.05. The van der Waals surface area contributed by atoms with Crippen molar-refractivity contribution in [3.63, 3.8) is 0 Å². The molecule has 0 saturated heterocycles. The summed E-state index contributed by atoms with van der Waals surface area (Å²) in [5, 5.41) is 8.84. The van der Waals surface area contributed by atoms with E-state index in [2.05, 4.69) is 12.6 Å². The predicted molar refractivity (Wildman–Crippen MR) is 49.1 cm³/mol. The third-order valence-electron chi connectivity index (χ3n) is 1.48.